The van der Waals surface area contributed by atoms with Crippen LogP contribution in [0.25, 0.3) is 0 Å². The van der Waals surface area contributed by atoms with Crippen molar-refractivity contribution >= 4 is 17.6 Å². The number of nitrogens with zero attached hydrogens (tertiary/aromatic N) is 2. The number of nitrogens with one attached hydrogen (secondary N) is 3. The molecule has 8 nitrogen and oxygen atoms in total. The van der Waals surface area contributed by atoms with E-state index in [0.29, 0.717) is 11.3 Å². The van der Waals surface area contributed by atoms with E-state index in [2.05, 4.69) is 22.6 Å². The number of rotatable bonds is 4. The molecule has 148 valence electrons. The second-order valence-corrected chi connectivity index (χ2v) is 6.44. The summed E-state index contributed by atoms with van der Waals surface area (Å²) in [6.45, 7) is 5.43. The molecular formula is C20H18FN5O3. The molecule has 0 saturated carbocycles. The molecule has 0 radical (unpaired) electrons. The smallest absolute Gasteiger partial charge is 0.338 e. The van der Waals surface area contributed by atoms with Crippen LogP contribution in [0, 0.1) is 17.1 Å². The summed E-state index contributed by atoms with van der Waals surface area (Å²) in [4.78, 5) is 25.4. The van der Waals surface area contributed by atoms with E-state index < -0.39 is 23.3 Å². The van der Waals surface area contributed by atoms with Gasteiger partial charge in [-0.15, -0.1) is 0 Å². The number of hydrogen-bond donors (Lipinski definition) is 3. The number of hydrogen-bond acceptors (Lipinski definition) is 5. The van der Waals surface area contributed by atoms with Gasteiger partial charge in [-0.25, -0.2) is 19.6 Å². The van der Waals surface area contributed by atoms with Crippen LogP contribution in [0.3, 0.4) is 0 Å². The number of urea groups is 1. The van der Waals surface area contributed by atoms with Gasteiger partial charge in [-0.3, -0.25) is 4.79 Å². The van der Waals surface area contributed by atoms with Gasteiger partial charge in [0.15, 0.2) is 0 Å². The largest absolute Gasteiger partial charge is 0.497 e. The molecule has 3 N–H and O–H groups in total. The van der Waals surface area contributed by atoms with Crippen LogP contribution in [0.2, 0.25) is 0 Å². The highest BCUT2D eigenvalue weighted by Gasteiger charge is 2.47. The maximum Gasteiger partial charge on any atom is 0.338 e. The Morgan fingerprint density at radius 2 is 2.10 bits per heavy atom. The normalized spacial score (nSPS) is 18.1. The number of halogens is 1. The van der Waals surface area contributed by atoms with E-state index in [1.165, 1.54) is 13.2 Å². The van der Waals surface area contributed by atoms with Gasteiger partial charge >= 0.3 is 6.03 Å². The van der Waals surface area contributed by atoms with Crippen LogP contribution in [-0.2, 0) is 10.3 Å². The molecular weight excluding hydrogens is 377 g/mol. The Morgan fingerprint density at radius 3 is 2.79 bits per heavy atom. The Balaban J connectivity index is 1.78. The molecule has 1 fully saturated rings. The second-order valence-electron chi connectivity index (χ2n) is 6.44. The molecule has 3 rings (SSSR count). The first-order chi connectivity index (χ1) is 13.8. The van der Waals surface area contributed by atoms with Crippen LogP contribution >= 0.6 is 0 Å². The maximum absolute atomic E-state index is 13.2. The number of methoxy groups -OCH3 is 1. The summed E-state index contributed by atoms with van der Waals surface area (Å²) in [6.07, 6.45) is 0. The van der Waals surface area contributed by atoms with E-state index in [1.807, 2.05) is 0 Å². The first-order valence-corrected chi connectivity index (χ1v) is 8.52. The van der Waals surface area contributed by atoms with Crippen LogP contribution in [0.15, 0.2) is 54.9 Å². The van der Waals surface area contributed by atoms with E-state index in [0.717, 1.165) is 17.1 Å². The third-order valence-corrected chi connectivity index (χ3v) is 4.51. The highest BCUT2D eigenvalue weighted by Crippen LogP contribution is 2.32. The van der Waals surface area contributed by atoms with E-state index >= 15 is 0 Å². The number of amides is 3. The minimum absolute atomic E-state index is 0.0499. The van der Waals surface area contributed by atoms with Gasteiger partial charge in [-0.05, 0) is 42.8 Å². The molecule has 9 heteroatoms. The fourth-order valence-electron chi connectivity index (χ4n) is 2.96. The van der Waals surface area contributed by atoms with Gasteiger partial charge in [0.2, 0.25) is 0 Å². The first kappa shape index (κ1) is 19.7. The molecule has 2 aromatic carbocycles. The third-order valence-electron chi connectivity index (χ3n) is 4.51. The Hall–Kier alpha value is -4.06. The molecule has 1 saturated heterocycles. The van der Waals surface area contributed by atoms with Gasteiger partial charge < -0.3 is 15.4 Å². The number of carbonyl (C=O) groups excluding carboxylic acids is 2. The van der Waals surface area contributed by atoms with Crippen LogP contribution < -0.4 is 20.8 Å². The van der Waals surface area contributed by atoms with Gasteiger partial charge in [0.25, 0.3) is 5.91 Å². The Morgan fingerprint density at radius 1 is 1.34 bits per heavy atom. The van der Waals surface area contributed by atoms with Crippen molar-refractivity contribution in [3.63, 3.8) is 0 Å². The average Bonchev–Trinajstić information content (AvgIpc) is 2.93. The Labute approximate surface area is 166 Å². The van der Waals surface area contributed by atoms with Crippen molar-refractivity contribution in [2.45, 2.75) is 12.5 Å². The van der Waals surface area contributed by atoms with Crippen molar-refractivity contribution < 1.29 is 18.7 Å². The predicted octanol–water partition coefficient (Wildman–Crippen LogP) is 2.56. The first-order valence-electron chi connectivity index (χ1n) is 8.52. The number of carbonyl (C=O) groups is 2. The summed E-state index contributed by atoms with van der Waals surface area (Å²) >= 11 is 0. The van der Waals surface area contributed by atoms with Gasteiger partial charge in [0.1, 0.15) is 29.0 Å². The average molecular weight is 395 g/mol. The van der Waals surface area contributed by atoms with E-state index in [1.54, 1.807) is 37.3 Å². The van der Waals surface area contributed by atoms with E-state index in [4.69, 9.17) is 10.00 Å². The maximum atomic E-state index is 13.2. The van der Waals surface area contributed by atoms with Crippen molar-refractivity contribution in [2.75, 3.05) is 12.4 Å². The van der Waals surface area contributed by atoms with E-state index in [-0.39, 0.29) is 17.1 Å². The van der Waals surface area contributed by atoms with Gasteiger partial charge in [0.05, 0.1) is 18.4 Å². The molecule has 1 aliphatic rings. The van der Waals surface area contributed by atoms with Crippen LogP contribution in [0.4, 0.5) is 14.9 Å². The highest BCUT2D eigenvalue weighted by atomic mass is 19.1. The summed E-state index contributed by atoms with van der Waals surface area (Å²) < 4.78 is 18.4. The van der Waals surface area contributed by atoms with Crippen LogP contribution in [0.1, 0.15) is 18.1 Å². The second kappa shape index (κ2) is 7.52. The van der Waals surface area contributed by atoms with Gasteiger partial charge in [0, 0.05) is 0 Å². The Bertz CT molecular complexity index is 1050. The predicted molar refractivity (Wildman–Crippen MR) is 103 cm³/mol. The zero-order chi connectivity index (χ0) is 21.2. The molecule has 3 amide bonds. The summed E-state index contributed by atoms with van der Waals surface area (Å²) in [5.41, 5.74) is 1.89. The summed E-state index contributed by atoms with van der Waals surface area (Å²) in [5.74, 6) is -0.331. The molecule has 1 atom stereocenters. The zero-order valence-electron chi connectivity index (χ0n) is 15.7. The molecule has 1 unspecified atom stereocenters. The minimum atomic E-state index is -1.17. The summed E-state index contributed by atoms with van der Waals surface area (Å²) in [7, 11) is 1.52. The molecule has 0 aromatic heterocycles. The number of benzene rings is 2. The summed E-state index contributed by atoms with van der Waals surface area (Å²) in [5, 5.41) is 15.4. The lowest BCUT2D eigenvalue weighted by Gasteiger charge is -2.23. The van der Waals surface area contributed by atoms with Crippen LogP contribution in [-0.4, -0.2) is 24.1 Å². The Kier molecular flexibility index (Phi) is 5.10. The molecule has 1 aliphatic heterocycles. The van der Waals surface area contributed by atoms with Crippen molar-refractivity contribution in [3.05, 3.63) is 71.8 Å². The molecule has 2 aromatic rings. The number of ether oxygens (including phenoxy) is 1. The fraction of sp³-hybridized carbons (Fsp3) is 0.150. The number of anilines is 1. The zero-order valence-corrected chi connectivity index (χ0v) is 15.7. The lowest BCUT2D eigenvalue weighted by Crippen LogP contribution is -2.47. The van der Waals surface area contributed by atoms with Crippen LogP contribution in [0.5, 0.6) is 5.75 Å². The molecule has 1 heterocycles. The lowest BCUT2D eigenvalue weighted by molar-refractivity contribution is -0.133. The van der Waals surface area contributed by atoms with E-state index in [9.17, 15) is 14.0 Å². The summed E-state index contributed by atoms with van der Waals surface area (Å²) in [6, 6.07) is 11.3. The molecule has 0 bridgehead atoms. The van der Waals surface area contributed by atoms with Crippen molar-refractivity contribution in [3.8, 4) is 11.8 Å². The van der Waals surface area contributed by atoms with Crippen molar-refractivity contribution in [2.24, 2.45) is 0 Å². The highest BCUT2D eigenvalue weighted by molar-refractivity contribution is 5.96. The van der Waals surface area contributed by atoms with Gasteiger partial charge in [-0.2, -0.15) is 5.26 Å². The SMILES string of the molecule is C=C1NC(C)(c2cccc(OC)c2)C(=O)N1NC(=O)Nc1ccc(F)cc1C#N. The molecule has 29 heavy (non-hydrogen) atoms. The minimum Gasteiger partial charge on any atom is -0.497 e. The number of nitriles is 1. The van der Waals surface area contributed by atoms with Gasteiger partial charge in [-0.1, -0.05) is 18.7 Å². The third kappa shape index (κ3) is 3.68. The topological polar surface area (TPSA) is 106 Å². The number of hydrazine groups is 1. The standard InChI is InChI=1S/C20H18FN5O3/c1-12-24-20(2,14-5-4-6-16(10-14)29-3)18(27)26(12)25-19(28)23-17-8-7-15(21)9-13(17)11-22/h4-10,24H,1H2,2-3H3,(H2,23,25,28). The van der Waals surface area contributed by atoms with Crippen molar-refractivity contribution in [1.82, 2.24) is 15.8 Å². The fourth-order valence-corrected chi connectivity index (χ4v) is 2.96. The lowest BCUT2D eigenvalue weighted by atomic mass is 9.92. The molecule has 0 spiro atoms. The van der Waals surface area contributed by atoms with Crippen molar-refractivity contribution in [1.29, 1.82) is 5.26 Å². The monoisotopic (exact) mass is 395 g/mol. The quantitative estimate of drug-likeness (QED) is 0.738. The molecule has 0 aliphatic carbocycles.